The molecule has 3 rings (SSSR count). The van der Waals surface area contributed by atoms with Crippen LogP contribution in [-0.4, -0.2) is 37.0 Å². The van der Waals surface area contributed by atoms with Crippen LogP contribution in [-0.2, 0) is 25.6 Å². The van der Waals surface area contributed by atoms with E-state index < -0.39 is 27.8 Å². The zero-order valence-corrected chi connectivity index (χ0v) is 17.4. The van der Waals surface area contributed by atoms with E-state index >= 15 is 0 Å². The number of halogens is 2. The van der Waals surface area contributed by atoms with E-state index in [0.717, 1.165) is 7.11 Å². The minimum atomic E-state index is -3.93. The van der Waals surface area contributed by atoms with Gasteiger partial charge in [-0.15, -0.1) is 0 Å². The molecule has 2 heterocycles. The predicted octanol–water partition coefficient (Wildman–Crippen LogP) is 3.15. The van der Waals surface area contributed by atoms with Crippen LogP contribution < -0.4 is 0 Å². The van der Waals surface area contributed by atoms with E-state index in [4.69, 9.17) is 0 Å². The molecule has 26 heavy (non-hydrogen) atoms. The highest BCUT2D eigenvalue weighted by Gasteiger charge is 2.37. The summed E-state index contributed by atoms with van der Waals surface area (Å²) < 4.78 is 30.8. The highest BCUT2D eigenvalue weighted by atomic mass is 79.9. The van der Waals surface area contributed by atoms with E-state index in [1.54, 1.807) is 4.57 Å². The molecule has 0 amide bonds. The molecule has 1 aromatic carbocycles. The van der Waals surface area contributed by atoms with Gasteiger partial charge in [0.15, 0.2) is 0 Å². The molecule has 1 N–H and O–H groups in total. The zero-order chi connectivity index (χ0) is 19.2. The molecule has 0 radical (unpaired) electrons. The van der Waals surface area contributed by atoms with Gasteiger partial charge in [0.25, 0.3) is 10.1 Å². The Morgan fingerprint density at radius 3 is 2.58 bits per heavy atom. The Hall–Kier alpha value is -1.49. The van der Waals surface area contributed by atoms with E-state index in [2.05, 4.69) is 36.0 Å². The third kappa shape index (κ3) is 3.04. The number of carbonyl (C=O) groups excluding carboxylic acids is 1. The van der Waals surface area contributed by atoms with Crippen LogP contribution >= 0.6 is 31.9 Å². The van der Waals surface area contributed by atoms with Crippen molar-refractivity contribution in [3.8, 4) is 0 Å². The second-order valence-electron chi connectivity index (χ2n) is 5.67. The molecule has 0 fully saturated rings. The third-order valence-corrected chi connectivity index (χ3v) is 7.65. The third-order valence-electron chi connectivity index (χ3n) is 4.28. The topological polar surface area (TPSA) is 103 Å². The molecule has 7 nitrogen and oxygen atoms in total. The first-order valence-corrected chi connectivity index (χ1v) is 10.4. The summed E-state index contributed by atoms with van der Waals surface area (Å²) in [5.41, 5.74) is 0.964. The summed E-state index contributed by atoms with van der Waals surface area (Å²) in [6.07, 6.45) is 0.384. The number of hydrogen-bond acceptors (Lipinski definition) is 5. The number of carbonyl (C=O) groups is 2. The van der Waals surface area contributed by atoms with Crippen molar-refractivity contribution in [3.63, 3.8) is 0 Å². The second-order valence-corrected chi connectivity index (χ2v) is 8.97. The normalized spacial score (nSPS) is 16.5. The van der Waals surface area contributed by atoms with E-state index in [0.29, 0.717) is 27.6 Å². The van der Waals surface area contributed by atoms with Gasteiger partial charge in [-0.05, 0) is 50.4 Å². The summed E-state index contributed by atoms with van der Waals surface area (Å²) in [6, 6.07) is 5.53. The van der Waals surface area contributed by atoms with Crippen molar-refractivity contribution in [1.29, 1.82) is 0 Å². The molecular formula is C16H13Br2NO6S. The molecule has 1 atom stereocenters. The van der Waals surface area contributed by atoms with Crippen LogP contribution in [0.3, 0.4) is 0 Å². The van der Waals surface area contributed by atoms with Gasteiger partial charge in [0.1, 0.15) is 5.69 Å². The maximum absolute atomic E-state index is 13.0. The summed E-state index contributed by atoms with van der Waals surface area (Å²) in [6.45, 7) is 0.383. The number of aromatic nitrogens is 1. The van der Waals surface area contributed by atoms with Crippen molar-refractivity contribution in [3.05, 3.63) is 50.2 Å². The van der Waals surface area contributed by atoms with Gasteiger partial charge in [0.05, 0.1) is 26.9 Å². The molecule has 10 heteroatoms. The lowest BCUT2D eigenvalue weighted by molar-refractivity contribution is -0.138. The minimum absolute atomic E-state index is 0.127. The molecule has 1 aliphatic rings. The number of aliphatic carboxylic acids is 1. The van der Waals surface area contributed by atoms with Crippen LogP contribution in [0.4, 0.5) is 0 Å². The van der Waals surface area contributed by atoms with Gasteiger partial charge in [-0.1, -0.05) is 12.1 Å². The Kier molecular flexibility index (Phi) is 5.13. The highest BCUT2D eigenvalue weighted by molar-refractivity contribution is 9.13. The first kappa shape index (κ1) is 19.3. The average Bonchev–Trinajstić information content (AvgIpc) is 3.14. The molecule has 0 spiro atoms. The van der Waals surface area contributed by atoms with E-state index in [-0.39, 0.29) is 16.2 Å². The van der Waals surface area contributed by atoms with Crippen molar-refractivity contribution >= 4 is 53.7 Å². The number of nitrogens with zero attached hydrogens (tertiary/aromatic N) is 1. The molecule has 1 aliphatic heterocycles. The number of ketones is 1. The SMILES string of the molecule is COS(=O)(=O)c1cccc(C(=O)c2c(Br)c(Br)c3n2CCC3C(=O)O)c1. The van der Waals surface area contributed by atoms with Gasteiger partial charge in [0, 0.05) is 17.8 Å². The summed E-state index contributed by atoms with van der Waals surface area (Å²) >= 11 is 6.71. The summed E-state index contributed by atoms with van der Waals surface area (Å²) in [5.74, 6) is -2.08. The number of carboxylic acid groups (broad SMARTS) is 1. The summed E-state index contributed by atoms with van der Waals surface area (Å²) in [4.78, 5) is 24.4. The first-order chi connectivity index (χ1) is 12.2. The van der Waals surface area contributed by atoms with Crippen molar-refractivity contribution in [2.24, 2.45) is 0 Å². The van der Waals surface area contributed by atoms with E-state index in [1.165, 1.54) is 24.3 Å². The molecule has 0 saturated carbocycles. The first-order valence-electron chi connectivity index (χ1n) is 7.44. The molecule has 0 aliphatic carbocycles. The summed E-state index contributed by atoms with van der Waals surface area (Å²) in [5, 5.41) is 9.38. The predicted molar refractivity (Wildman–Crippen MR) is 98.9 cm³/mol. The van der Waals surface area contributed by atoms with Crippen LogP contribution in [0, 0.1) is 0 Å². The number of benzene rings is 1. The van der Waals surface area contributed by atoms with Crippen LogP contribution in [0.2, 0.25) is 0 Å². The van der Waals surface area contributed by atoms with E-state index in [9.17, 15) is 23.1 Å². The summed E-state index contributed by atoms with van der Waals surface area (Å²) in [7, 11) is -2.89. The highest BCUT2D eigenvalue weighted by Crippen LogP contribution is 2.43. The van der Waals surface area contributed by atoms with Gasteiger partial charge in [-0.2, -0.15) is 8.42 Å². The molecule has 138 valence electrons. The average molecular weight is 507 g/mol. The number of rotatable bonds is 5. The number of carboxylic acids is 1. The Balaban J connectivity index is 2.11. The lowest BCUT2D eigenvalue weighted by atomic mass is 10.1. The quantitative estimate of drug-likeness (QED) is 0.493. The van der Waals surface area contributed by atoms with Crippen LogP contribution in [0.15, 0.2) is 38.1 Å². The number of fused-ring (bicyclic) bond motifs is 1. The fourth-order valence-corrected chi connectivity index (χ4v) is 5.01. The Morgan fingerprint density at radius 1 is 1.27 bits per heavy atom. The zero-order valence-electron chi connectivity index (χ0n) is 13.4. The van der Waals surface area contributed by atoms with Crippen molar-refractivity contribution < 1.29 is 27.3 Å². The lowest BCUT2D eigenvalue weighted by Crippen LogP contribution is -2.11. The maximum atomic E-state index is 13.0. The second kappa shape index (κ2) is 6.91. The Labute approximate surface area is 166 Å². The number of hydrogen-bond donors (Lipinski definition) is 1. The lowest BCUT2D eigenvalue weighted by Gasteiger charge is -2.08. The molecule has 0 bridgehead atoms. The maximum Gasteiger partial charge on any atom is 0.312 e. The van der Waals surface area contributed by atoms with Crippen LogP contribution in [0.5, 0.6) is 0 Å². The fraction of sp³-hybridized carbons (Fsp3) is 0.250. The molecular weight excluding hydrogens is 494 g/mol. The molecule has 2 aromatic rings. The standard InChI is InChI=1S/C16H13Br2NO6S/c1-25-26(23,24)9-4-2-3-8(7-9)15(20)14-12(18)11(17)13-10(16(21)22)5-6-19(13)14/h2-4,7,10H,5-6H2,1H3,(H,21,22). The Bertz CT molecular complexity index is 1030. The molecule has 1 unspecified atom stereocenters. The van der Waals surface area contributed by atoms with Gasteiger partial charge >= 0.3 is 5.97 Å². The van der Waals surface area contributed by atoms with Gasteiger partial charge in [0.2, 0.25) is 5.78 Å². The van der Waals surface area contributed by atoms with Crippen LogP contribution in [0.25, 0.3) is 0 Å². The molecule has 1 aromatic heterocycles. The Morgan fingerprint density at radius 2 is 1.96 bits per heavy atom. The van der Waals surface area contributed by atoms with Crippen molar-refractivity contribution in [1.82, 2.24) is 4.57 Å². The van der Waals surface area contributed by atoms with Gasteiger partial charge in [-0.3, -0.25) is 13.8 Å². The minimum Gasteiger partial charge on any atom is -0.481 e. The monoisotopic (exact) mass is 505 g/mol. The van der Waals surface area contributed by atoms with Crippen molar-refractivity contribution in [2.75, 3.05) is 7.11 Å². The van der Waals surface area contributed by atoms with E-state index in [1.807, 2.05) is 0 Å². The van der Waals surface area contributed by atoms with Gasteiger partial charge < -0.3 is 9.67 Å². The van der Waals surface area contributed by atoms with Gasteiger partial charge in [-0.25, -0.2) is 0 Å². The molecule has 0 saturated heterocycles. The van der Waals surface area contributed by atoms with Crippen LogP contribution in [0.1, 0.15) is 34.1 Å². The smallest absolute Gasteiger partial charge is 0.312 e. The van der Waals surface area contributed by atoms with Crippen molar-refractivity contribution in [2.45, 2.75) is 23.8 Å². The fourth-order valence-electron chi connectivity index (χ4n) is 3.03. The largest absolute Gasteiger partial charge is 0.481 e.